The van der Waals surface area contributed by atoms with Crippen LogP contribution in [0.2, 0.25) is 0 Å². The van der Waals surface area contributed by atoms with Crippen molar-refractivity contribution in [2.75, 3.05) is 19.8 Å². The average molecular weight is 897 g/mol. The van der Waals surface area contributed by atoms with Gasteiger partial charge in [0.05, 0.1) is 31.3 Å². The fourth-order valence-corrected chi connectivity index (χ4v) is 14.3. The molecule has 8 aliphatic rings. The number of hydrogen-bond donors (Lipinski definition) is 10. The fraction of sp³-hybridized carbons (Fsp3) is 0.891. The highest BCUT2D eigenvalue weighted by Crippen LogP contribution is 2.75. The molecule has 3 heterocycles. The Hall–Kier alpha value is -1.65. The van der Waals surface area contributed by atoms with Gasteiger partial charge in [-0.15, -0.1) is 0 Å². The van der Waals surface area contributed by atoms with Gasteiger partial charge in [0.2, 0.25) is 6.29 Å². The second kappa shape index (κ2) is 17.1. The Kier molecular flexibility index (Phi) is 13.0. The minimum Gasteiger partial charge on any atom is -0.432 e. The minimum absolute atomic E-state index is 0.106. The number of aliphatic hydroxyl groups excluding tert-OH is 10. The molecule has 7 fully saturated rings. The zero-order valence-corrected chi connectivity index (χ0v) is 37.2. The number of rotatable bonds is 8. The standard InChI is InChI=1S/C46H72O17/c1-21-9-14-46(41(57)63-40-35(55)33(53)31(51)26(19-48)60-40)16-15-44(5)22(23(46)17-21)7-8-28-43(4)12-11-29(42(2,3)27(43)10-13-45(28,44)6)61-38-36(56)37(24(49)20-58-38)62-39-34(54)32(52)30(50)25(18-47)59-39/h7,23-40,47-56H,1,8-20H2,2-6H3. The molecule has 0 spiro atoms. The van der Waals surface area contributed by atoms with Crippen LogP contribution in [-0.4, -0.2) is 169 Å². The van der Waals surface area contributed by atoms with Gasteiger partial charge in [-0.25, -0.2) is 0 Å². The third kappa shape index (κ3) is 7.43. The van der Waals surface area contributed by atoms with Gasteiger partial charge in [-0.2, -0.15) is 0 Å². The van der Waals surface area contributed by atoms with Gasteiger partial charge in [0.15, 0.2) is 12.6 Å². The number of aliphatic hydroxyl groups is 10. The van der Waals surface area contributed by atoms with Crippen LogP contribution in [-0.2, 0) is 33.2 Å². The van der Waals surface area contributed by atoms with Gasteiger partial charge in [-0.3, -0.25) is 4.79 Å². The molecule has 5 aliphatic carbocycles. The molecule has 17 heteroatoms. The maximum atomic E-state index is 14.5. The Morgan fingerprint density at radius 2 is 1.37 bits per heavy atom. The van der Waals surface area contributed by atoms with Crippen LogP contribution in [0.15, 0.2) is 23.8 Å². The van der Waals surface area contributed by atoms with Gasteiger partial charge < -0.3 is 79.5 Å². The molecule has 0 aromatic heterocycles. The molecule has 63 heavy (non-hydrogen) atoms. The molecule has 0 aromatic carbocycles. The number of hydrogen-bond acceptors (Lipinski definition) is 17. The third-order valence-corrected chi connectivity index (χ3v) is 18.3. The maximum Gasteiger partial charge on any atom is 0.315 e. The molecule has 22 unspecified atom stereocenters. The van der Waals surface area contributed by atoms with Crippen molar-refractivity contribution in [3.63, 3.8) is 0 Å². The van der Waals surface area contributed by atoms with E-state index in [1.165, 1.54) is 5.57 Å². The summed E-state index contributed by atoms with van der Waals surface area (Å²) in [5.41, 5.74) is 0.530. The Bertz CT molecular complexity index is 1740. The molecular weight excluding hydrogens is 824 g/mol. The van der Waals surface area contributed by atoms with Crippen molar-refractivity contribution in [2.24, 2.45) is 44.8 Å². The van der Waals surface area contributed by atoms with Crippen LogP contribution in [0.1, 0.15) is 98.8 Å². The Morgan fingerprint density at radius 1 is 0.730 bits per heavy atom. The van der Waals surface area contributed by atoms with E-state index in [2.05, 4.69) is 47.3 Å². The van der Waals surface area contributed by atoms with E-state index in [0.29, 0.717) is 38.0 Å². The van der Waals surface area contributed by atoms with Crippen molar-refractivity contribution < 1.29 is 84.3 Å². The van der Waals surface area contributed by atoms with Crippen LogP contribution in [0.5, 0.6) is 0 Å². The summed E-state index contributed by atoms with van der Waals surface area (Å²) >= 11 is 0. The summed E-state index contributed by atoms with van der Waals surface area (Å²) in [5, 5.41) is 104. The van der Waals surface area contributed by atoms with E-state index in [0.717, 1.165) is 37.7 Å². The predicted molar refractivity (Wildman–Crippen MR) is 220 cm³/mol. The summed E-state index contributed by atoms with van der Waals surface area (Å²) in [6.07, 6.45) is -11.5. The average Bonchev–Trinajstić information content (AvgIpc) is 3.24. The molecule has 17 nitrogen and oxygen atoms in total. The van der Waals surface area contributed by atoms with Crippen LogP contribution in [0.4, 0.5) is 0 Å². The number of ether oxygens (including phenoxy) is 6. The van der Waals surface area contributed by atoms with E-state index in [1.807, 2.05) is 0 Å². The second-order valence-electron chi connectivity index (χ2n) is 21.6. The van der Waals surface area contributed by atoms with Gasteiger partial charge in [-0.05, 0) is 97.7 Å². The Labute approximate surface area is 369 Å². The molecule has 3 saturated heterocycles. The normalized spacial score (nSPS) is 53.3. The van der Waals surface area contributed by atoms with E-state index < -0.39 is 111 Å². The topological polar surface area (TPSA) is 275 Å². The molecule has 10 N–H and O–H groups in total. The summed E-state index contributed by atoms with van der Waals surface area (Å²) < 4.78 is 35.4. The molecule has 0 bridgehead atoms. The van der Waals surface area contributed by atoms with Gasteiger partial charge in [0.1, 0.15) is 67.1 Å². The van der Waals surface area contributed by atoms with E-state index in [4.69, 9.17) is 28.4 Å². The summed E-state index contributed by atoms with van der Waals surface area (Å²) in [5.74, 6) is -0.184. The van der Waals surface area contributed by atoms with Crippen molar-refractivity contribution in [3.05, 3.63) is 23.8 Å². The molecule has 22 atom stereocenters. The minimum atomic E-state index is -1.72. The SMILES string of the molecule is C=C1CCC2(C(=O)OC3OC(CO)C(O)C(O)C3O)CCC3(C)C(=CCC4C5(C)CCC(OC6OCC(O)C(OC7OC(CO)C(O)C(O)C7O)C6O)C(C)(C)C5CCC43C)C2C1. The monoisotopic (exact) mass is 896 g/mol. The predicted octanol–water partition coefficient (Wildman–Crippen LogP) is 0.310. The largest absolute Gasteiger partial charge is 0.432 e. The van der Waals surface area contributed by atoms with E-state index in [-0.39, 0.29) is 46.2 Å². The molecule has 358 valence electrons. The number of esters is 1. The summed E-state index contributed by atoms with van der Waals surface area (Å²) in [4.78, 5) is 14.5. The van der Waals surface area contributed by atoms with Gasteiger partial charge in [0, 0.05) is 5.92 Å². The molecule has 4 saturated carbocycles. The lowest BCUT2D eigenvalue weighted by Gasteiger charge is -2.71. The quantitative estimate of drug-likeness (QED) is 0.0892. The first kappa shape index (κ1) is 47.8. The molecule has 3 aliphatic heterocycles. The summed E-state index contributed by atoms with van der Waals surface area (Å²) in [6.45, 7) is 14.5. The first-order valence-corrected chi connectivity index (χ1v) is 23.1. The lowest BCUT2D eigenvalue weighted by atomic mass is 9.34. The second-order valence-corrected chi connectivity index (χ2v) is 21.6. The number of carbonyl (C=O) groups excluding carboxylic acids is 1. The molecule has 8 rings (SSSR count). The highest BCUT2D eigenvalue weighted by atomic mass is 16.7. The van der Waals surface area contributed by atoms with Crippen molar-refractivity contribution in [1.82, 2.24) is 0 Å². The first-order chi connectivity index (χ1) is 29.6. The lowest BCUT2D eigenvalue weighted by Crippen LogP contribution is -2.66. The Balaban J connectivity index is 0.996. The van der Waals surface area contributed by atoms with Crippen LogP contribution in [0.25, 0.3) is 0 Å². The van der Waals surface area contributed by atoms with Crippen LogP contribution in [0.3, 0.4) is 0 Å². The summed E-state index contributed by atoms with van der Waals surface area (Å²) in [7, 11) is 0. The smallest absolute Gasteiger partial charge is 0.315 e. The molecular formula is C46H72O17. The number of carbonyl (C=O) groups is 1. The maximum absolute atomic E-state index is 14.5. The highest BCUT2D eigenvalue weighted by molar-refractivity contribution is 5.79. The Morgan fingerprint density at radius 3 is 2.02 bits per heavy atom. The summed E-state index contributed by atoms with van der Waals surface area (Å²) in [6, 6.07) is 0. The first-order valence-electron chi connectivity index (χ1n) is 23.1. The molecule has 0 aromatic rings. The van der Waals surface area contributed by atoms with Crippen LogP contribution >= 0.6 is 0 Å². The molecule has 0 radical (unpaired) electrons. The zero-order chi connectivity index (χ0) is 45.8. The van der Waals surface area contributed by atoms with Gasteiger partial charge in [0.25, 0.3) is 0 Å². The highest BCUT2D eigenvalue weighted by Gasteiger charge is 2.69. The van der Waals surface area contributed by atoms with E-state index in [1.54, 1.807) is 0 Å². The van der Waals surface area contributed by atoms with Crippen LogP contribution < -0.4 is 0 Å². The zero-order valence-electron chi connectivity index (χ0n) is 37.2. The number of fused-ring (bicyclic) bond motifs is 7. The molecule has 0 amide bonds. The third-order valence-electron chi connectivity index (χ3n) is 18.3. The lowest BCUT2D eigenvalue weighted by molar-refractivity contribution is -0.357. The van der Waals surface area contributed by atoms with Crippen LogP contribution in [0, 0.1) is 44.8 Å². The fourth-order valence-electron chi connectivity index (χ4n) is 14.3. The number of allylic oxidation sites excluding steroid dienone is 3. The van der Waals surface area contributed by atoms with Crippen molar-refractivity contribution >= 4 is 5.97 Å². The van der Waals surface area contributed by atoms with E-state index >= 15 is 0 Å². The van der Waals surface area contributed by atoms with Gasteiger partial charge in [-0.1, -0.05) is 58.4 Å². The van der Waals surface area contributed by atoms with E-state index in [9.17, 15) is 55.9 Å². The van der Waals surface area contributed by atoms with Crippen molar-refractivity contribution in [2.45, 2.75) is 191 Å². The van der Waals surface area contributed by atoms with Gasteiger partial charge >= 0.3 is 5.97 Å². The van der Waals surface area contributed by atoms with Crippen molar-refractivity contribution in [3.8, 4) is 0 Å². The van der Waals surface area contributed by atoms with Crippen molar-refractivity contribution in [1.29, 1.82) is 0 Å².